The SMILES string of the molecule is COc1cc(/C=N/NC(=O)Cc2ccc(F)cc2)cc(Cl)c1OCc1ccccc1. The van der Waals surface area contributed by atoms with Crippen LogP contribution in [0.15, 0.2) is 71.8 Å². The van der Waals surface area contributed by atoms with Gasteiger partial charge >= 0.3 is 0 Å². The number of benzene rings is 3. The zero-order valence-electron chi connectivity index (χ0n) is 16.3. The standard InChI is InChI=1S/C23H20ClFN2O3/c1-29-21-12-18(11-20(24)23(21)30-15-17-5-3-2-4-6-17)14-26-27-22(28)13-16-7-9-19(25)10-8-16/h2-12,14H,13,15H2,1H3,(H,27,28)/b26-14+. The minimum absolute atomic E-state index is 0.0912. The Morgan fingerprint density at radius 2 is 1.83 bits per heavy atom. The lowest BCUT2D eigenvalue weighted by molar-refractivity contribution is -0.120. The molecule has 0 radical (unpaired) electrons. The molecule has 5 nitrogen and oxygen atoms in total. The second-order valence-electron chi connectivity index (χ2n) is 6.40. The summed E-state index contributed by atoms with van der Waals surface area (Å²) in [5.74, 6) is 0.218. The van der Waals surface area contributed by atoms with Crippen molar-refractivity contribution in [2.45, 2.75) is 13.0 Å². The van der Waals surface area contributed by atoms with Crippen molar-refractivity contribution >= 4 is 23.7 Å². The maximum absolute atomic E-state index is 12.9. The van der Waals surface area contributed by atoms with Crippen LogP contribution in [0.3, 0.4) is 0 Å². The highest BCUT2D eigenvalue weighted by Gasteiger charge is 2.12. The first-order chi connectivity index (χ1) is 14.5. The Hall–Kier alpha value is -3.38. The van der Waals surface area contributed by atoms with Gasteiger partial charge in [0.15, 0.2) is 11.5 Å². The van der Waals surface area contributed by atoms with Gasteiger partial charge in [-0.2, -0.15) is 5.10 Å². The van der Waals surface area contributed by atoms with Crippen LogP contribution in [0.5, 0.6) is 11.5 Å². The molecular weight excluding hydrogens is 407 g/mol. The van der Waals surface area contributed by atoms with Gasteiger partial charge in [0.1, 0.15) is 12.4 Å². The third kappa shape index (κ3) is 6.06. The van der Waals surface area contributed by atoms with Gasteiger partial charge in [0, 0.05) is 0 Å². The number of hydrazone groups is 1. The third-order valence-corrected chi connectivity index (χ3v) is 4.44. The summed E-state index contributed by atoms with van der Waals surface area (Å²) in [6, 6.07) is 18.8. The first kappa shape index (κ1) is 21.3. The molecule has 0 aliphatic rings. The maximum atomic E-state index is 12.9. The largest absolute Gasteiger partial charge is 0.493 e. The van der Waals surface area contributed by atoms with E-state index < -0.39 is 0 Å². The maximum Gasteiger partial charge on any atom is 0.244 e. The summed E-state index contributed by atoms with van der Waals surface area (Å²) in [5, 5.41) is 4.31. The molecule has 0 aliphatic carbocycles. The van der Waals surface area contributed by atoms with E-state index in [9.17, 15) is 9.18 Å². The zero-order valence-corrected chi connectivity index (χ0v) is 17.0. The number of halogens is 2. The highest BCUT2D eigenvalue weighted by atomic mass is 35.5. The van der Waals surface area contributed by atoms with E-state index in [0.29, 0.717) is 34.3 Å². The fraction of sp³-hybridized carbons (Fsp3) is 0.130. The number of methoxy groups -OCH3 is 1. The van der Waals surface area contributed by atoms with Crippen molar-refractivity contribution in [2.24, 2.45) is 5.10 Å². The van der Waals surface area contributed by atoms with Gasteiger partial charge in [-0.25, -0.2) is 9.82 Å². The molecule has 1 N–H and O–H groups in total. The van der Waals surface area contributed by atoms with Crippen LogP contribution >= 0.6 is 11.6 Å². The predicted molar refractivity (Wildman–Crippen MR) is 115 cm³/mol. The Bertz CT molecular complexity index is 1020. The van der Waals surface area contributed by atoms with Gasteiger partial charge in [-0.3, -0.25) is 4.79 Å². The van der Waals surface area contributed by atoms with Crippen molar-refractivity contribution in [1.29, 1.82) is 0 Å². The molecule has 0 saturated heterocycles. The molecule has 0 saturated carbocycles. The zero-order chi connectivity index (χ0) is 21.3. The summed E-state index contributed by atoms with van der Waals surface area (Å²) in [6.45, 7) is 0.351. The quantitative estimate of drug-likeness (QED) is 0.417. The summed E-state index contributed by atoms with van der Waals surface area (Å²) in [7, 11) is 1.52. The van der Waals surface area contributed by atoms with Gasteiger partial charge in [0.25, 0.3) is 0 Å². The molecule has 0 spiro atoms. The van der Waals surface area contributed by atoms with Crippen LogP contribution in [0.1, 0.15) is 16.7 Å². The molecule has 0 bridgehead atoms. The van der Waals surface area contributed by atoms with Gasteiger partial charge in [-0.1, -0.05) is 54.1 Å². The fourth-order valence-corrected chi connectivity index (χ4v) is 2.96. The Morgan fingerprint density at radius 3 is 2.53 bits per heavy atom. The summed E-state index contributed by atoms with van der Waals surface area (Å²) >= 11 is 6.36. The van der Waals surface area contributed by atoms with Crippen molar-refractivity contribution in [3.8, 4) is 11.5 Å². The summed E-state index contributed by atoms with van der Waals surface area (Å²) in [4.78, 5) is 12.0. The number of carbonyl (C=O) groups excluding carboxylic acids is 1. The molecule has 3 rings (SSSR count). The van der Waals surface area contributed by atoms with Crippen LogP contribution in [-0.2, 0) is 17.8 Å². The minimum Gasteiger partial charge on any atom is -0.493 e. The number of hydrogen-bond acceptors (Lipinski definition) is 4. The third-order valence-electron chi connectivity index (χ3n) is 4.16. The van der Waals surface area contributed by atoms with Crippen molar-refractivity contribution in [1.82, 2.24) is 5.43 Å². The van der Waals surface area contributed by atoms with Crippen molar-refractivity contribution in [3.05, 3.63) is 94.3 Å². The molecule has 0 atom stereocenters. The van der Waals surface area contributed by atoms with Gasteiger partial charge in [0.2, 0.25) is 5.91 Å². The summed E-state index contributed by atoms with van der Waals surface area (Å²) in [5.41, 5.74) is 4.76. The number of carbonyl (C=O) groups is 1. The van der Waals surface area contributed by atoms with E-state index in [4.69, 9.17) is 21.1 Å². The lowest BCUT2D eigenvalue weighted by Gasteiger charge is -2.13. The van der Waals surface area contributed by atoms with Gasteiger partial charge in [0.05, 0.1) is 24.8 Å². The highest BCUT2D eigenvalue weighted by molar-refractivity contribution is 6.32. The Morgan fingerprint density at radius 1 is 1.10 bits per heavy atom. The Labute approximate surface area is 179 Å². The predicted octanol–water partition coefficient (Wildman–Crippen LogP) is 4.76. The number of hydrogen-bond donors (Lipinski definition) is 1. The van der Waals surface area contributed by atoms with Crippen LogP contribution in [0.25, 0.3) is 0 Å². The highest BCUT2D eigenvalue weighted by Crippen LogP contribution is 2.36. The summed E-state index contributed by atoms with van der Waals surface area (Å²) in [6.07, 6.45) is 1.55. The molecule has 7 heteroatoms. The van der Waals surface area contributed by atoms with Crippen LogP contribution in [0.4, 0.5) is 4.39 Å². The Kier molecular flexibility index (Phi) is 7.40. The van der Waals surface area contributed by atoms with Crippen LogP contribution in [0, 0.1) is 5.82 Å². The minimum atomic E-state index is -0.348. The topological polar surface area (TPSA) is 59.9 Å². The number of nitrogens with zero attached hydrogens (tertiary/aromatic N) is 1. The molecule has 1 amide bonds. The molecule has 0 aliphatic heterocycles. The van der Waals surface area contributed by atoms with Gasteiger partial charge < -0.3 is 9.47 Å². The van der Waals surface area contributed by atoms with Gasteiger partial charge in [-0.05, 0) is 41.0 Å². The average molecular weight is 427 g/mol. The van der Waals surface area contributed by atoms with E-state index in [-0.39, 0.29) is 18.1 Å². The number of nitrogens with one attached hydrogen (secondary N) is 1. The lowest BCUT2D eigenvalue weighted by atomic mass is 10.1. The lowest BCUT2D eigenvalue weighted by Crippen LogP contribution is -2.19. The molecular formula is C23H20ClFN2O3. The first-order valence-electron chi connectivity index (χ1n) is 9.16. The van der Waals surface area contributed by atoms with E-state index in [1.807, 2.05) is 30.3 Å². The fourth-order valence-electron chi connectivity index (χ4n) is 2.69. The van der Waals surface area contributed by atoms with Crippen molar-refractivity contribution in [2.75, 3.05) is 7.11 Å². The van der Waals surface area contributed by atoms with Crippen LogP contribution in [-0.4, -0.2) is 19.2 Å². The second kappa shape index (κ2) is 10.4. The smallest absolute Gasteiger partial charge is 0.244 e. The number of ether oxygens (including phenoxy) is 2. The van der Waals surface area contributed by atoms with Crippen LogP contribution in [0.2, 0.25) is 5.02 Å². The summed E-state index contributed by atoms with van der Waals surface area (Å²) < 4.78 is 24.1. The van der Waals surface area contributed by atoms with Crippen LogP contribution < -0.4 is 14.9 Å². The first-order valence-corrected chi connectivity index (χ1v) is 9.53. The van der Waals surface area contributed by atoms with E-state index in [1.54, 1.807) is 24.3 Å². The van der Waals surface area contributed by atoms with E-state index >= 15 is 0 Å². The van der Waals surface area contributed by atoms with Crippen molar-refractivity contribution < 1.29 is 18.7 Å². The molecule has 3 aromatic rings. The number of amides is 1. The normalized spacial score (nSPS) is 10.8. The van der Waals surface area contributed by atoms with E-state index in [0.717, 1.165) is 5.56 Å². The molecule has 0 fully saturated rings. The number of rotatable bonds is 8. The Balaban J connectivity index is 1.62. The molecule has 30 heavy (non-hydrogen) atoms. The second-order valence-corrected chi connectivity index (χ2v) is 6.81. The molecule has 3 aromatic carbocycles. The molecule has 0 aromatic heterocycles. The van der Waals surface area contributed by atoms with Gasteiger partial charge in [-0.15, -0.1) is 0 Å². The molecule has 0 unspecified atom stereocenters. The van der Waals surface area contributed by atoms with Crippen molar-refractivity contribution in [3.63, 3.8) is 0 Å². The average Bonchev–Trinajstić information content (AvgIpc) is 2.75. The van der Waals surface area contributed by atoms with E-state index in [1.165, 1.54) is 25.5 Å². The molecule has 0 heterocycles. The monoisotopic (exact) mass is 426 g/mol. The molecule has 154 valence electrons. The van der Waals surface area contributed by atoms with E-state index in [2.05, 4.69) is 10.5 Å².